The van der Waals surface area contributed by atoms with Crippen molar-refractivity contribution in [2.75, 3.05) is 13.7 Å². The van der Waals surface area contributed by atoms with Crippen molar-refractivity contribution in [1.29, 1.82) is 0 Å². The zero-order chi connectivity index (χ0) is 9.56. The lowest BCUT2D eigenvalue weighted by Crippen LogP contribution is -2.34. The van der Waals surface area contributed by atoms with Crippen LogP contribution in [-0.2, 0) is 14.4 Å². The summed E-state index contributed by atoms with van der Waals surface area (Å²) < 4.78 is 4.78. The number of hydrogen-bond donors (Lipinski definition) is 1. The first-order valence-electron chi connectivity index (χ1n) is 4.02. The van der Waals surface area contributed by atoms with Crippen molar-refractivity contribution in [3.05, 3.63) is 0 Å². The molecule has 4 heteroatoms. The van der Waals surface area contributed by atoms with Crippen LogP contribution in [0.5, 0.6) is 0 Å². The first-order valence-corrected chi connectivity index (χ1v) is 4.02. The van der Waals surface area contributed by atoms with E-state index in [4.69, 9.17) is 9.57 Å². The van der Waals surface area contributed by atoms with E-state index in [1.807, 2.05) is 13.8 Å². The molecule has 1 N–H and O–H groups in total. The largest absolute Gasteiger partial charge is 0.372 e. The molecule has 1 amide bonds. The average molecular weight is 175 g/mol. The summed E-state index contributed by atoms with van der Waals surface area (Å²) in [5.74, 6) is 0.154. The molecule has 0 bridgehead atoms. The molecule has 72 valence electrons. The summed E-state index contributed by atoms with van der Waals surface area (Å²) in [6.45, 7) is 6.19. The maximum Gasteiger partial charge on any atom is 0.272 e. The van der Waals surface area contributed by atoms with Crippen LogP contribution in [0.2, 0.25) is 0 Å². The molecular weight excluding hydrogens is 158 g/mol. The van der Waals surface area contributed by atoms with Crippen LogP contribution in [0.25, 0.3) is 0 Å². The molecule has 0 aliphatic rings. The average Bonchev–Trinajstić information content (AvgIpc) is 2.02. The Kier molecular flexibility index (Phi) is 5.66. The quantitative estimate of drug-likeness (QED) is 0.626. The Morgan fingerprint density at radius 1 is 1.42 bits per heavy atom. The van der Waals surface area contributed by atoms with Gasteiger partial charge in [0.1, 0.15) is 6.10 Å². The van der Waals surface area contributed by atoms with Gasteiger partial charge < -0.3 is 4.74 Å². The summed E-state index contributed by atoms with van der Waals surface area (Å²) in [4.78, 5) is 15.9. The number of amides is 1. The highest BCUT2D eigenvalue weighted by Crippen LogP contribution is 1.91. The minimum absolute atomic E-state index is 0.252. The third kappa shape index (κ3) is 5.09. The molecule has 0 rings (SSSR count). The molecule has 0 aromatic heterocycles. The Bertz CT molecular complexity index is 136. The molecular formula is C8H17NO3. The molecule has 0 saturated carbocycles. The first kappa shape index (κ1) is 11.4. The SMILES string of the molecule is COC(C)C(=O)NOCC(C)C. The van der Waals surface area contributed by atoms with E-state index >= 15 is 0 Å². The van der Waals surface area contributed by atoms with Crippen molar-refractivity contribution >= 4 is 5.91 Å². The molecule has 0 aliphatic carbocycles. The van der Waals surface area contributed by atoms with E-state index in [-0.39, 0.29) is 5.91 Å². The van der Waals surface area contributed by atoms with Crippen molar-refractivity contribution in [2.45, 2.75) is 26.9 Å². The van der Waals surface area contributed by atoms with Crippen molar-refractivity contribution in [2.24, 2.45) is 5.92 Å². The van der Waals surface area contributed by atoms with Crippen LogP contribution in [-0.4, -0.2) is 25.7 Å². The summed E-state index contributed by atoms with van der Waals surface area (Å²) in [6.07, 6.45) is -0.461. The highest BCUT2D eigenvalue weighted by Gasteiger charge is 2.10. The van der Waals surface area contributed by atoms with Crippen LogP contribution in [0.4, 0.5) is 0 Å². The van der Waals surface area contributed by atoms with Crippen LogP contribution in [0.15, 0.2) is 0 Å². The van der Waals surface area contributed by atoms with Gasteiger partial charge in [-0.25, -0.2) is 5.48 Å². The number of methoxy groups -OCH3 is 1. The van der Waals surface area contributed by atoms with Crippen LogP contribution < -0.4 is 5.48 Å². The van der Waals surface area contributed by atoms with Crippen LogP contribution in [0.3, 0.4) is 0 Å². The minimum atomic E-state index is -0.461. The first-order chi connectivity index (χ1) is 5.57. The summed E-state index contributed by atoms with van der Waals surface area (Å²) >= 11 is 0. The summed E-state index contributed by atoms with van der Waals surface area (Å²) in [7, 11) is 1.48. The Balaban J connectivity index is 3.44. The van der Waals surface area contributed by atoms with Gasteiger partial charge in [-0.1, -0.05) is 13.8 Å². The fourth-order valence-corrected chi connectivity index (χ4v) is 0.469. The van der Waals surface area contributed by atoms with Gasteiger partial charge in [0.2, 0.25) is 0 Å². The zero-order valence-corrected chi connectivity index (χ0v) is 8.09. The smallest absolute Gasteiger partial charge is 0.272 e. The number of hydrogen-bond acceptors (Lipinski definition) is 3. The summed E-state index contributed by atoms with van der Waals surface area (Å²) in [5.41, 5.74) is 2.30. The highest BCUT2D eigenvalue weighted by molar-refractivity contribution is 5.79. The van der Waals surface area contributed by atoms with E-state index in [0.29, 0.717) is 12.5 Å². The Labute approximate surface area is 73.2 Å². The van der Waals surface area contributed by atoms with Crippen molar-refractivity contribution in [1.82, 2.24) is 5.48 Å². The molecule has 0 heterocycles. The van der Waals surface area contributed by atoms with Crippen LogP contribution in [0.1, 0.15) is 20.8 Å². The summed E-state index contributed by atoms with van der Waals surface area (Å²) in [5, 5.41) is 0. The molecule has 1 unspecified atom stereocenters. The Morgan fingerprint density at radius 2 is 2.00 bits per heavy atom. The lowest BCUT2D eigenvalue weighted by atomic mass is 10.2. The second-order valence-electron chi connectivity index (χ2n) is 3.05. The monoisotopic (exact) mass is 175 g/mol. The van der Waals surface area contributed by atoms with Crippen LogP contribution >= 0.6 is 0 Å². The highest BCUT2D eigenvalue weighted by atomic mass is 16.7. The predicted octanol–water partition coefficient (Wildman–Crippen LogP) is 0.725. The molecule has 0 aliphatic heterocycles. The molecule has 0 radical (unpaired) electrons. The maximum absolute atomic E-state index is 11.0. The maximum atomic E-state index is 11.0. The zero-order valence-electron chi connectivity index (χ0n) is 8.09. The second kappa shape index (κ2) is 5.97. The number of nitrogens with one attached hydrogen (secondary N) is 1. The van der Waals surface area contributed by atoms with Crippen molar-refractivity contribution < 1.29 is 14.4 Å². The van der Waals surface area contributed by atoms with E-state index in [0.717, 1.165) is 0 Å². The number of hydroxylamine groups is 1. The fraction of sp³-hybridized carbons (Fsp3) is 0.875. The van der Waals surface area contributed by atoms with Gasteiger partial charge in [0.25, 0.3) is 5.91 Å². The normalized spacial score (nSPS) is 13.1. The van der Waals surface area contributed by atoms with Crippen molar-refractivity contribution in [3.8, 4) is 0 Å². The van der Waals surface area contributed by atoms with Crippen molar-refractivity contribution in [3.63, 3.8) is 0 Å². The molecule has 4 nitrogen and oxygen atoms in total. The molecule has 12 heavy (non-hydrogen) atoms. The Morgan fingerprint density at radius 3 is 2.42 bits per heavy atom. The van der Waals surface area contributed by atoms with E-state index < -0.39 is 6.10 Å². The third-order valence-corrected chi connectivity index (χ3v) is 1.31. The number of ether oxygens (including phenoxy) is 1. The standard InChI is InChI=1S/C8H17NO3/c1-6(2)5-12-9-8(10)7(3)11-4/h6-7H,5H2,1-4H3,(H,9,10). The molecule has 0 spiro atoms. The lowest BCUT2D eigenvalue weighted by Gasteiger charge is -2.11. The minimum Gasteiger partial charge on any atom is -0.372 e. The number of carbonyl (C=O) groups excluding carboxylic acids is 1. The van der Waals surface area contributed by atoms with E-state index in [1.165, 1.54) is 7.11 Å². The molecule has 0 aromatic rings. The van der Waals surface area contributed by atoms with E-state index in [2.05, 4.69) is 5.48 Å². The van der Waals surface area contributed by atoms with Gasteiger partial charge in [-0.05, 0) is 12.8 Å². The van der Waals surface area contributed by atoms with Gasteiger partial charge in [-0.15, -0.1) is 0 Å². The lowest BCUT2D eigenvalue weighted by molar-refractivity contribution is -0.143. The predicted molar refractivity (Wildman–Crippen MR) is 45.4 cm³/mol. The number of carbonyl (C=O) groups is 1. The number of rotatable bonds is 5. The topological polar surface area (TPSA) is 47.6 Å². The van der Waals surface area contributed by atoms with Gasteiger partial charge in [0.15, 0.2) is 0 Å². The summed E-state index contributed by atoms with van der Waals surface area (Å²) in [6, 6.07) is 0. The second-order valence-corrected chi connectivity index (χ2v) is 3.05. The van der Waals surface area contributed by atoms with Crippen LogP contribution in [0, 0.1) is 5.92 Å². The Hall–Kier alpha value is -0.610. The van der Waals surface area contributed by atoms with E-state index in [1.54, 1.807) is 6.92 Å². The molecule has 0 saturated heterocycles. The van der Waals surface area contributed by atoms with Gasteiger partial charge in [-0.2, -0.15) is 0 Å². The van der Waals surface area contributed by atoms with Gasteiger partial charge >= 0.3 is 0 Å². The molecule has 0 fully saturated rings. The fourth-order valence-electron chi connectivity index (χ4n) is 0.469. The van der Waals surface area contributed by atoms with E-state index in [9.17, 15) is 4.79 Å². The van der Waals surface area contributed by atoms with Gasteiger partial charge in [0.05, 0.1) is 6.61 Å². The molecule has 1 atom stereocenters. The van der Waals surface area contributed by atoms with Gasteiger partial charge in [-0.3, -0.25) is 9.63 Å². The molecule has 0 aromatic carbocycles. The third-order valence-electron chi connectivity index (χ3n) is 1.31. The van der Waals surface area contributed by atoms with Gasteiger partial charge in [0, 0.05) is 7.11 Å².